The average molecular weight is 209 g/mol. The van der Waals surface area contributed by atoms with Gasteiger partial charge in [0.1, 0.15) is 0 Å². The molecule has 1 aromatic rings. The van der Waals surface area contributed by atoms with Crippen molar-refractivity contribution in [2.24, 2.45) is 0 Å². The van der Waals surface area contributed by atoms with Crippen molar-refractivity contribution >= 4 is 0 Å². The van der Waals surface area contributed by atoms with Crippen LogP contribution < -0.4 is 5.32 Å². The van der Waals surface area contributed by atoms with Gasteiger partial charge in [0.15, 0.2) is 0 Å². The Morgan fingerprint density at radius 1 is 1.53 bits per heavy atom. The number of nitrogens with zero attached hydrogens (tertiary/aromatic N) is 1. The molecule has 4 heteroatoms. The number of hydrogen-bond acceptors (Lipinski definition) is 3. The number of hydrogen-bond donors (Lipinski definition) is 2. The van der Waals surface area contributed by atoms with Gasteiger partial charge in [-0.05, 0) is 38.4 Å². The fraction of sp³-hybridized carbons (Fsp3) is 0.727. The van der Waals surface area contributed by atoms with E-state index in [1.54, 1.807) is 0 Å². The standard InChI is InChI=1S/C11H19N3O/c1-12-5-2-10-8-13-14-11(10)9-3-6-15-7-4-9/h8-9,12H,2-7H2,1H3,(H,13,14). The highest BCUT2D eigenvalue weighted by molar-refractivity contribution is 5.21. The lowest BCUT2D eigenvalue weighted by Gasteiger charge is -2.21. The van der Waals surface area contributed by atoms with Gasteiger partial charge in [0.2, 0.25) is 0 Å². The van der Waals surface area contributed by atoms with E-state index in [9.17, 15) is 0 Å². The van der Waals surface area contributed by atoms with Crippen LogP contribution >= 0.6 is 0 Å². The third-order valence-electron chi connectivity index (χ3n) is 3.03. The fourth-order valence-electron chi connectivity index (χ4n) is 2.12. The maximum Gasteiger partial charge on any atom is 0.0522 e. The van der Waals surface area contributed by atoms with Gasteiger partial charge < -0.3 is 10.1 Å². The SMILES string of the molecule is CNCCc1cn[nH]c1C1CCOCC1. The molecule has 1 saturated heterocycles. The zero-order chi connectivity index (χ0) is 10.5. The highest BCUT2D eigenvalue weighted by Crippen LogP contribution is 2.27. The molecule has 1 aliphatic rings. The van der Waals surface area contributed by atoms with E-state index >= 15 is 0 Å². The molecule has 2 heterocycles. The predicted molar refractivity (Wildman–Crippen MR) is 59.0 cm³/mol. The van der Waals surface area contributed by atoms with Crippen molar-refractivity contribution in [3.8, 4) is 0 Å². The third-order valence-corrected chi connectivity index (χ3v) is 3.03. The average Bonchev–Trinajstić information content (AvgIpc) is 2.75. The second kappa shape index (κ2) is 5.28. The summed E-state index contributed by atoms with van der Waals surface area (Å²) >= 11 is 0. The minimum atomic E-state index is 0.619. The van der Waals surface area contributed by atoms with Crippen LogP contribution in [0, 0.1) is 0 Å². The molecule has 1 fully saturated rings. The van der Waals surface area contributed by atoms with Crippen molar-refractivity contribution in [1.29, 1.82) is 0 Å². The summed E-state index contributed by atoms with van der Waals surface area (Å²) in [6.07, 6.45) is 5.26. The van der Waals surface area contributed by atoms with Crippen molar-refractivity contribution in [1.82, 2.24) is 15.5 Å². The van der Waals surface area contributed by atoms with Crippen LogP contribution in [0.15, 0.2) is 6.20 Å². The van der Waals surface area contributed by atoms with E-state index in [2.05, 4.69) is 15.5 Å². The Balaban J connectivity index is 2.02. The number of nitrogens with one attached hydrogen (secondary N) is 2. The molecule has 1 aromatic heterocycles. The van der Waals surface area contributed by atoms with E-state index < -0.39 is 0 Å². The van der Waals surface area contributed by atoms with Gasteiger partial charge in [-0.25, -0.2) is 0 Å². The summed E-state index contributed by atoms with van der Waals surface area (Å²) in [5.74, 6) is 0.619. The Labute approximate surface area is 90.4 Å². The van der Waals surface area contributed by atoms with Gasteiger partial charge in [0.05, 0.1) is 6.20 Å². The van der Waals surface area contributed by atoms with E-state index in [0.29, 0.717) is 5.92 Å². The van der Waals surface area contributed by atoms with Gasteiger partial charge in [0, 0.05) is 24.8 Å². The molecule has 84 valence electrons. The van der Waals surface area contributed by atoms with E-state index in [4.69, 9.17) is 4.74 Å². The first-order valence-electron chi connectivity index (χ1n) is 5.66. The number of likely N-dealkylation sites (N-methyl/N-ethyl adjacent to an activating group) is 1. The van der Waals surface area contributed by atoms with Crippen LogP contribution in [0.3, 0.4) is 0 Å². The molecule has 0 bridgehead atoms. The minimum absolute atomic E-state index is 0.619. The van der Waals surface area contributed by atoms with Crippen LogP contribution in [0.25, 0.3) is 0 Å². The summed E-state index contributed by atoms with van der Waals surface area (Å²) in [6, 6.07) is 0. The molecule has 0 radical (unpaired) electrons. The second-order valence-electron chi connectivity index (χ2n) is 4.05. The van der Waals surface area contributed by atoms with Crippen molar-refractivity contribution in [2.75, 3.05) is 26.8 Å². The van der Waals surface area contributed by atoms with Crippen molar-refractivity contribution in [2.45, 2.75) is 25.2 Å². The van der Waals surface area contributed by atoms with E-state index in [0.717, 1.165) is 39.0 Å². The summed E-state index contributed by atoms with van der Waals surface area (Å²) in [7, 11) is 1.98. The van der Waals surface area contributed by atoms with Gasteiger partial charge in [-0.15, -0.1) is 0 Å². The molecule has 0 aliphatic carbocycles. The molecule has 0 atom stereocenters. The molecule has 1 aliphatic heterocycles. The highest BCUT2D eigenvalue weighted by Gasteiger charge is 2.19. The predicted octanol–water partition coefficient (Wildman–Crippen LogP) is 1.07. The monoisotopic (exact) mass is 209 g/mol. The molecule has 15 heavy (non-hydrogen) atoms. The Hall–Kier alpha value is -0.870. The van der Waals surface area contributed by atoms with Gasteiger partial charge in [-0.3, -0.25) is 5.10 Å². The topological polar surface area (TPSA) is 49.9 Å². The summed E-state index contributed by atoms with van der Waals surface area (Å²) < 4.78 is 5.37. The van der Waals surface area contributed by atoms with Crippen LogP contribution in [0.1, 0.15) is 30.0 Å². The van der Waals surface area contributed by atoms with Crippen LogP contribution in [0.5, 0.6) is 0 Å². The van der Waals surface area contributed by atoms with Crippen molar-refractivity contribution < 1.29 is 4.74 Å². The van der Waals surface area contributed by atoms with Gasteiger partial charge in [-0.1, -0.05) is 0 Å². The van der Waals surface area contributed by atoms with Crippen LogP contribution in [0.2, 0.25) is 0 Å². The molecule has 4 nitrogen and oxygen atoms in total. The Kier molecular flexibility index (Phi) is 3.75. The first-order valence-corrected chi connectivity index (χ1v) is 5.66. The lowest BCUT2D eigenvalue weighted by atomic mass is 9.93. The van der Waals surface area contributed by atoms with E-state index in [1.165, 1.54) is 11.3 Å². The molecular weight excluding hydrogens is 190 g/mol. The zero-order valence-electron chi connectivity index (χ0n) is 9.25. The van der Waals surface area contributed by atoms with Gasteiger partial charge in [-0.2, -0.15) is 5.10 Å². The maximum absolute atomic E-state index is 5.37. The number of ether oxygens (including phenoxy) is 1. The second-order valence-corrected chi connectivity index (χ2v) is 4.05. The first-order chi connectivity index (χ1) is 7.42. The van der Waals surface area contributed by atoms with E-state index in [-0.39, 0.29) is 0 Å². The number of aromatic amines is 1. The summed E-state index contributed by atoms with van der Waals surface area (Å²) in [5.41, 5.74) is 2.69. The van der Waals surface area contributed by atoms with E-state index in [1.807, 2.05) is 13.2 Å². The fourth-order valence-corrected chi connectivity index (χ4v) is 2.12. The highest BCUT2D eigenvalue weighted by atomic mass is 16.5. The Morgan fingerprint density at radius 2 is 2.33 bits per heavy atom. The zero-order valence-corrected chi connectivity index (χ0v) is 9.25. The van der Waals surface area contributed by atoms with Crippen molar-refractivity contribution in [3.05, 3.63) is 17.5 Å². The number of H-pyrrole nitrogens is 1. The van der Waals surface area contributed by atoms with Crippen molar-refractivity contribution in [3.63, 3.8) is 0 Å². The molecule has 0 amide bonds. The van der Waals surface area contributed by atoms with Crippen LogP contribution in [-0.4, -0.2) is 37.0 Å². The maximum atomic E-state index is 5.37. The quantitative estimate of drug-likeness (QED) is 0.779. The first kappa shape index (κ1) is 10.6. The number of aromatic nitrogens is 2. The molecule has 0 saturated carbocycles. The smallest absolute Gasteiger partial charge is 0.0522 e. The normalized spacial score (nSPS) is 18.2. The Bertz CT molecular complexity index is 292. The molecule has 0 spiro atoms. The largest absolute Gasteiger partial charge is 0.381 e. The van der Waals surface area contributed by atoms with Crippen LogP contribution in [-0.2, 0) is 11.2 Å². The summed E-state index contributed by atoms with van der Waals surface area (Å²) in [4.78, 5) is 0. The Morgan fingerprint density at radius 3 is 3.07 bits per heavy atom. The van der Waals surface area contributed by atoms with Gasteiger partial charge >= 0.3 is 0 Å². The molecule has 0 aromatic carbocycles. The molecule has 2 N–H and O–H groups in total. The molecule has 2 rings (SSSR count). The number of rotatable bonds is 4. The summed E-state index contributed by atoms with van der Waals surface area (Å²) in [6.45, 7) is 2.78. The lowest BCUT2D eigenvalue weighted by molar-refractivity contribution is 0.0843. The lowest BCUT2D eigenvalue weighted by Crippen LogP contribution is -2.17. The third kappa shape index (κ3) is 2.58. The minimum Gasteiger partial charge on any atom is -0.381 e. The molecule has 0 unspecified atom stereocenters. The van der Waals surface area contributed by atoms with Gasteiger partial charge in [0.25, 0.3) is 0 Å². The summed E-state index contributed by atoms with van der Waals surface area (Å²) in [5, 5.41) is 10.5. The van der Waals surface area contributed by atoms with Crippen LogP contribution in [0.4, 0.5) is 0 Å². The molecular formula is C11H19N3O.